The molecule has 0 radical (unpaired) electrons. The van der Waals surface area contributed by atoms with E-state index in [1.807, 2.05) is 0 Å². The Hall–Kier alpha value is -1.23. The van der Waals surface area contributed by atoms with Crippen LogP contribution in [0.1, 0.15) is 30.4 Å². The molecule has 100 valence electrons. The van der Waals surface area contributed by atoms with Crippen LogP contribution >= 0.6 is 0 Å². The van der Waals surface area contributed by atoms with E-state index >= 15 is 0 Å². The van der Waals surface area contributed by atoms with Crippen LogP contribution in [-0.4, -0.2) is 18.2 Å². The topological polar surface area (TPSA) is 23.5 Å². The highest BCUT2D eigenvalue weighted by molar-refractivity contribution is 5.57. The lowest BCUT2D eigenvalue weighted by Gasteiger charge is -2.37. The van der Waals surface area contributed by atoms with Gasteiger partial charge in [0.05, 0.1) is 12.2 Å². The molecule has 0 atom stereocenters. The number of alkyl halides is 3. The van der Waals surface area contributed by atoms with E-state index in [1.165, 1.54) is 6.07 Å². The van der Waals surface area contributed by atoms with Crippen LogP contribution in [0.2, 0.25) is 0 Å². The maximum absolute atomic E-state index is 13.0. The Kier molecular flexibility index (Phi) is 3.52. The van der Waals surface area contributed by atoms with E-state index in [1.54, 1.807) is 18.0 Å². The monoisotopic (exact) mass is 259 g/mol. The molecule has 0 unspecified atom stereocenters. The SMILES string of the molecule is CN(c1ccc(CO)cc1C(F)(F)F)C1CCC1. The summed E-state index contributed by atoms with van der Waals surface area (Å²) in [4.78, 5) is 1.70. The number of aliphatic hydroxyl groups excluding tert-OH is 1. The van der Waals surface area contributed by atoms with E-state index in [9.17, 15) is 13.2 Å². The Labute approximate surface area is 104 Å². The minimum Gasteiger partial charge on any atom is -0.392 e. The van der Waals surface area contributed by atoms with E-state index in [0.717, 1.165) is 25.3 Å². The summed E-state index contributed by atoms with van der Waals surface area (Å²) < 4.78 is 39.0. The van der Waals surface area contributed by atoms with Crippen LogP contribution in [-0.2, 0) is 12.8 Å². The van der Waals surface area contributed by atoms with Gasteiger partial charge in [0.15, 0.2) is 0 Å². The molecule has 1 aliphatic rings. The Balaban J connectivity index is 2.38. The predicted octanol–water partition coefficient (Wildman–Crippen LogP) is 3.19. The molecular formula is C13H16F3NO. The van der Waals surface area contributed by atoms with Gasteiger partial charge in [-0.3, -0.25) is 0 Å². The first-order chi connectivity index (χ1) is 8.43. The molecular weight excluding hydrogens is 243 g/mol. The minimum absolute atomic E-state index is 0.199. The zero-order valence-corrected chi connectivity index (χ0v) is 10.2. The molecule has 0 bridgehead atoms. The van der Waals surface area contributed by atoms with Crippen molar-refractivity contribution in [2.24, 2.45) is 0 Å². The van der Waals surface area contributed by atoms with Crippen molar-refractivity contribution in [1.29, 1.82) is 0 Å². The fourth-order valence-electron chi connectivity index (χ4n) is 2.19. The molecule has 0 heterocycles. The zero-order chi connectivity index (χ0) is 13.3. The Bertz CT molecular complexity index is 427. The van der Waals surface area contributed by atoms with E-state index in [0.29, 0.717) is 0 Å². The quantitative estimate of drug-likeness (QED) is 0.901. The van der Waals surface area contributed by atoms with Gasteiger partial charge in [0, 0.05) is 18.8 Å². The first-order valence-corrected chi connectivity index (χ1v) is 5.97. The van der Waals surface area contributed by atoms with Crippen LogP contribution in [0.5, 0.6) is 0 Å². The van der Waals surface area contributed by atoms with Crippen LogP contribution in [0, 0.1) is 0 Å². The van der Waals surface area contributed by atoms with E-state index in [2.05, 4.69) is 0 Å². The average Bonchev–Trinajstić information content (AvgIpc) is 2.24. The number of nitrogens with zero attached hydrogens (tertiary/aromatic N) is 1. The third-order valence-electron chi connectivity index (χ3n) is 3.55. The summed E-state index contributed by atoms with van der Waals surface area (Å²) in [6, 6.07) is 4.22. The molecule has 0 amide bonds. The van der Waals surface area contributed by atoms with Gasteiger partial charge in [0.2, 0.25) is 0 Å². The molecule has 1 aromatic rings. The average molecular weight is 259 g/mol. The maximum atomic E-state index is 13.0. The second-order valence-electron chi connectivity index (χ2n) is 4.70. The summed E-state index contributed by atoms with van der Waals surface area (Å²) in [5, 5.41) is 8.94. The minimum atomic E-state index is -4.39. The summed E-state index contributed by atoms with van der Waals surface area (Å²) in [6.07, 6.45) is -1.44. The normalized spacial score (nSPS) is 16.5. The van der Waals surface area contributed by atoms with Crippen molar-refractivity contribution < 1.29 is 18.3 Å². The molecule has 2 rings (SSSR count). The van der Waals surface area contributed by atoms with Gasteiger partial charge in [-0.1, -0.05) is 6.07 Å². The molecule has 1 saturated carbocycles. The van der Waals surface area contributed by atoms with E-state index in [4.69, 9.17) is 5.11 Å². The molecule has 1 aromatic carbocycles. The standard InChI is InChI=1S/C13H16F3NO/c1-17(10-3-2-4-10)12-6-5-9(8-18)7-11(12)13(14,15)16/h5-7,10,18H,2-4,8H2,1H3. The zero-order valence-electron chi connectivity index (χ0n) is 10.2. The lowest BCUT2D eigenvalue weighted by Crippen LogP contribution is -2.38. The molecule has 5 heteroatoms. The van der Waals surface area contributed by atoms with Gasteiger partial charge in [-0.05, 0) is 37.0 Å². The van der Waals surface area contributed by atoms with Gasteiger partial charge < -0.3 is 10.0 Å². The largest absolute Gasteiger partial charge is 0.418 e. The van der Waals surface area contributed by atoms with Crippen molar-refractivity contribution in [2.75, 3.05) is 11.9 Å². The van der Waals surface area contributed by atoms with Crippen LogP contribution in [0.15, 0.2) is 18.2 Å². The second-order valence-corrected chi connectivity index (χ2v) is 4.70. The van der Waals surface area contributed by atoms with Crippen molar-refractivity contribution in [3.05, 3.63) is 29.3 Å². The molecule has 0 aliphatic heterocycles. The molecule has 1 fully saturated rings. The molecule has 1 N–H and O–H groups in total. The van der Waals surface area contributed by atoms with Crippen molar-refractivity contribution >= 4 is 5.69 Å². The van der Waals surface area contributed by atoms with Crippen LogP contribution in [0.25, 0.3) is 0 Å². The van der Waals surface area contributed by atoms with Crippen molar-refractivity contribution in [3.63, 3.8) is 0 Å². The third-order valence-corrected chi connectivity index (χ3v) is 3.55. The highest BCUT2D eigenvalue weighted by Gasteiger charge is 2.36. The number of halogens is 3. The number of aliphatic hydroxyl groups is 1. The van der Waals surface area contributed by atoms with Gasteiger partial charge in [-0.15, -0.1) is 0 Å². The summed E-state index contributed by atoms with van der Waals surface area (Å²) in [5.74, 6) is 0. The van der Waals surface area contributed by atoms with Crippen LogP contribution < -0.4 is 4.90 Å². The maximum Gasteiger partial charge on any atom is 0.418 e. The van der Waals surface area contributed by atoms with Gasteiger partial charge in [0.25, 0.3) is 0 Å². The highest BCUT2D eigenvalue weighted by Crippen LogP contribution is 2.39. The summed E-state index contributed by atoms with van der Waals surface area (Å²) >= 11 is 0. The molecule has 0 aromatic heterocycles. The van der Waals surface area contributed by atoms with E-state index in [-0.39, 0.29) is 23.9 Å². The summed E-state index contributed by atoms with van der Waals surface area (Å²) in [7, 11) is 1.70. The second kappa shape index (κ2) is 4.80. The lowest BCUT2D eigenvalue weighted by molar-refractivity contribution is -0.137. The molecule has 0 spiro atoms. The summed E-state index contributed by atoms with van der Waals surface area (Å²) in [6.45, 7) is -0.378. The van der Waals surface area contributed by atoms with Gasteiger partial charge in [-0.2, -0.15) is 13.2 Å². The predicted molar refractivity (Wildman–Crippen MR) is 63.4 cm³/mol. The third kappa shape index (κ3) is 2.46. The fraction of sp³-hybridized carbons (Fsp3) is 0.538. The number of hydrogen-bond donors (Lipinski definition) is 1. The molecule has 1 aliphatic carbocycles. The first-order valence-electron chi connectivity index (χ1n) is 5.97. The summed E-state index contributed by atoms with van der Waals surface area (Å²) in [5.41, 5.74) is -0.180. The molecule has 0 saturated heterocycles. The number of hydrogen-bond acceptors (Lipinski definition) is 2. The van der Waals surface area contributed by atoms with Crippen molar-refractivity contribution in [2.45, 2.75) is 38.1 Å². The highest BCUT2D eigenvalue weighted by atomic mass is 19.4. The molecule has 18 heavy (non-hydrogen) atoms. The Morgan fingerprint density at radius 2 is 2.00 bits per heavy atom. The number of rotatable bonds is 3. The fourth-order valence-corrected chi connectivity index (χ4v) is 2.19. The van der Waals surface area contributed by atoms with E-state index < -0.39 is 11.7 Å². The molecule has 2 nitrogen and oxygen atoms in total. The number of benzene rings is 1. The van der Waals surface area contributed by atoms with Crippen molar-refractivity contribution in [3.8, 4) is 0 Å². The smallest absolute Gasteiger partial charge is 0.392 e. The van der Waals surface area contributed by atoms with Gasteiger partial charge in [-0.25, -0.2) is 0 Å². The first kappa shape index (κ1) is 13.2. The van der Waals surface area contributed by atoms with Crippen LogP contribution in [0.3, 0.4) is 0 Å². The van der Waals surface area contributed by atoms with Crippen molar-refractivity contribution in [1.82, 2.24) is 0 Å². The number of anilines is 1. The van der Waals surface area contributed by atoms with Crippen LogP contribution in [0.4, 0.5) is 18.9 Å². The van der Waals surface area contributed by atoms with Gasteiger partial charge >= 0.3 is 6.18 Å². The lowest BCUT2D eigenvalue weighted by atomic mass is 9.91. The Morgan fingerprint density at radius 1 is 1.33 bits per heavy atom. The Morgan fingerprint density at radius 3 is 2.44 bits per heavy atom. The van der Waals surface area contributed by atoms with Gasteiger partial charge in [0.1, 0.15) is 0 Å².